The summed E-state index contributed by atoms with van der Waals surface area (Å²) >= 11 is 0. The smallest absolute Gasteiger partial charge is 0.306 e. The number of aliphatic carboxylic acids is 1. The van der Waals surface area contributed by atoms with Gasteiger partial charge < -0.3 is 10.0 Å². The number of carboxylic acid groups (broad SMARTS) is 1. The molecule has 3 nitrogen and oxygen atoms in total. The SMILES string of the molecule is C[C@@H]1CC(C(=O)O)C[C@@H](C)N1C. The van der Waals surface area contributed by atoms with Crippen molar-refractivity contribution in [3.05, 3.63) is 0 Å². The zero-order chi connectivity index (χ0) is 9.30. The molecule has 2 atom stereocenters. The third kappa shape index (κ3) is 1.78. The molecule has 0 spiro atoms. The number of hydrogen-bond donors (Lipinski definition) is 1. The van der Waals surface area contributed by atoms with Crippen molar-refractivity contribution in [2.75, 3.05) is 7.05 Å². The molecule has 0 unspecified atom stereocenters. The Labute approximate surface area is 73.4 Å². The molecule has 3 heteroatoms. The van der Waals surface area contributed by atoms with E-state index in [1.54, 1.807) is 0 Å². The van der Waals surface area contributed by atoms with Crippen LogP contribution in [0.15, 0.2) is 0 Å². The van der Waals surface area contributed by atoms with Crippen LogP contribution in [-0.2, 0) is 4.79 Å². The van der Waals surface area contributed by atoms with Gasteiger partial charge in [-0.15, -0.1) is 0 Å². The first kappa shape index (κ1) is 9.52. The van der Waals surface area contributed by atoms with E-state index in [0.717, 1.165) is 12.8 Å². The second-order valence-corrected chi connectivity index (χ2v) is 3.87. The highest BCUT2D eigenvalue weighted by atomic mass is 16.4. The molecular formula is C9H17NO2. The van der Waals surface area contributed by atoms with Gasteiger partial charge in [0.2, 0.25) is 0 Å². The fourth-order valence-corrected chi connectivity index (χ4v) is 1.89. The summed E-state index contributed by atoms with van der Waals surface area (Å²) in [6.07, 6.45) is 1.58. The lowest BCUT2D eigenvalue weighted by molar-refractivity contribution is -0.144. The molecule has 1 aliphatic rings. The van der Waals surface area contributed by atoms with Gasteiger partial charge in [0.25, 0.3) is 0 Å². The molecule has 70 valence electrons. The topological polar surface area (TPSA) is 40.5 Å². The van der Waals surface area contributed by atoms with E-state index in [-0.39, 0.29) is 5.92 Å². The molecule has 0 aromatic rings. The molecule has 1 saturated heterocycles. The van der Waals surface area contributed by atoms with Gasteiger partial charge in [-0.3, -0.25) is 4.79 Å². The van der Waals surface area contributed by atoms with E-state index in [2.05, 4.69) is 25.8 Å². The van der Waals surface area contributed by atoms with Gasteiger partial charge in [-0.2, -0.15) is 0 Å². The predicted octanol–water partition coefficient (Wildman–Crippen LogP) is 1.19. The van der Waals surface area contributed by atoms with E-state index in [1.807, 2.05) is 0 Å². The number of carboxylic acids is 1. The Morgan fingerprint density at radius 2 is 1.75 bits per heavy atom. The van der Waals surface area contributed by atoms with Crippen LogP contribution in [-0.4, -0.2) is 35.1 Å². The molecule has 0 aliphatic carbocycles. The second kappa shape index (κ2) is 3.44. The summed E-state index contributed by atoms with van der Waals surface area (Å²) in [5, 5.41) is 8.84. The number of carbonyl (C=O) groups is 1. The minimum absolute atomic E-state index is 0.133. The minimum atomic E-state index is -0.637. The van der Waals surface area contributed by atoms with Crippen molar-refractivity contribution in [2.45, 2.75) is 38.8 Å². The zero-order valence-corrected chi connectivity index (χ0v) is 7.95. The van der Waals surface area contributed by atoms with Crippen molar-refractivity contribution in [3.8, 4) is 0 Å². The fraction of sp³-hybridized carbons (Fsp3) is 0.889. The van der Waals surface area contributed by atoms with Crippen LogP contribution in [0.4, 0.5) is 0 Å². The summed E-state index contributed by atoms with van der Waals surface area (Å²) in [6, 6.07) is 0.796. The van der Waals surface area contributed by atoms with Crippen LogP contribution in [0.2, 0.25) is 0 Å². The van der Waals surface area contributed by atoms with Gasteiger partial charge in [0.1, 0.15) is 0 Å². The first-order chi connectivity index (χ1) is 5.52. The molecule has 12 heavy (non-hydrogen) atoms. The van der Waals surface area contributed by atoms with E-state index >= 15 is 0 Å². The first-order valence-electron chi connectivity index (χ1n) is 4.47. The molecule has 1 aliphatic heterocycles. The fourth-order valence-electron chi connectivity index (χ4n) is 1.89. The second-order valence-electron chi connectivity index (χ2n) is 3.87. The van der Waals surface area contributed by atoms with Gasteiger partial charge >= 0.3 is 5.97 Å². The van der Waals surface area contributed by atoms with Crippen LogP contribution in [0, 0.1) is 5.92 Å². The molecule has 0 bridgehead atoms. The quantitative estimate of drug-likeness (QED) is 0.644. The van der Waals surface area contributed by atoms with Gasteiger partial charge in [-0.05, 0) is 33.7 Å². The molecule has 0 aromatic carbocycles. The van der Waals surface area contributed by atoms with Gasteiger partial charge in [0.05, 0.1) is 5.92 Å². The van der Waals surface area contributed by atoms with E-state index < -0.39 is 5.97 Å². The number of nitrogens with zero attached hydrogens (tertiary/aromatic N) is 1. The van der Waals surface area contributed by atoms with Crippen LogP contribution in [0.25, 0.3) is 0 Å². The van der Waals surface area contributed by atoms with Gasteiger partial charge in [-0.25, -0.2) is 0 Å². The first-order valence-corrected chi connectivity index (χ1v) is 4.47. The summed E-state index contributed by atoms with van der Waals surface area (Å²) in [5.41, 5.74) is 0. The molecule has 0 radical (unpaired) electrons. The summed E-state index contributed by atoms with van der Waals surface area (Å²) in [7, 11) is 2.06. The lowest BCUT2D eigenvalue weighted by atomic mass is 9.88. The van der Waals surface area contributed by atoms with Crippen molar-refractivity contribution < 1.29 is 9.90 Å². The van der Waals surface area contributed by atoms with Crippen LogP contribution >= 0.6 is 0 Å². The monoisotopic (exact) mass is 171 g/mol. The Balaban J connectivity index is 2.59. The zero-order valence-electron chi connectivity index (χ0n) is 7.95. The lowest BCUT2D eigenvalue weighted by Crippen LogP contribution is -2.45. The third-order valence-electron chi connectivity index (χ3n) is 2.99. The van der Waals surface area contributed by atoms with Crippen LogP contribution < -0.4 is 0 Å². The summed E-state index contributed by atoms with van der Waals surface area (Å²) in [6.45, 7) is 4.18. The highest BCUT2D eigenvalue weighted by molar-refractivity contribution is 5.70. The van der Waals surface area contributed by atoms with Gasteiger partial charge in [0, 0.05) is 12.1 Å². The third-order valence-corrected chi connectivity index (χ3v) is 2.99. The molecule has 0 saturated carbocycles. The molecule has 0 aromatic heterocycles. The Morgan fingerprint density at radius 1 is 1.33 bits per heavy atom. The average Bonchev–Trinajstić information content (AvgIpc) is 1.99. The summed E-state index contributed by atoms with van der Waals surface area (Å²) in [5.74, 6) is -0.770. The Bertz CT molecular complexity index is 169. The molecule has 1 heterocycles. The van der Waals surface area contributed by atoms with E-state index in [0.29, 0.717) is 12.1 Å². The highest BCUT2D eigenvalue weighted by Crippen LogP contribution is 2.26. The molecule has 1 rings (SSSR count). The number of hydrogen-bond acceptors (Lipinski definition) is 2. The van der Waals surface area contributed by atoms with E-state index in [1.165, 1.54) is 0 Å². The van der Waals surface area contributed by atoms with Gasteiger partial charge in [0.15, 0.2) is 0 Å². The van der Waals surface area contributed by atoms with E-state index in [4.69, 9.17) is 5.11 Å². The van der Waals surface area contributed by atoms with E-state index in [9.17, 15) is 4.79 Å². The van der Waals surface area contributed by atoms with Crippen LogP contribution in [0.3, 0.4) is 0 Å². The molecule has 0 amide bonds. The van der Waals surface area contributed by atoms with Crippen molar-refractivity contribution in [1.29, 1.82) is 0 Å². The number of rotatable bonds is 1. The lowest BCUT2D eigenvalue weighted by Gasteiger charge is -2.38. The van der Waals surface area contributed by atoms with Crippen LogP contribution in [0.5, 0.6) is 0 Å². The highest BCUT2D eigenvalue weighted by Gasteiger charge is 2.31. The van der Waals surface area contributed by atoms with Crippen LogP contribution in [0.1, 0.15) is 26.7 Å². The molecule has 1 N–H and O–H groups in total. The van der Waals surface area contributed by atoms with Crippen molar-refractivity contribution in [2.24, 2.45) is 5.92 Å². The normalized spacial score (nSPS) is 38.1. The maximum Gasteiger partial charge on any atom is 0.306 e. The molecule has 1 fully saturated rings. The largest absolute Gasteiger partial charge is 0.481 e. The standard InChI is InChI=1S/C9H17NO2/c1-6-4-8(9(11)12)5-7(2)10(6)3/h6-8H,4-5H2,1-3H3,(H,11,12)/t6-,7-/m1/s1. The summed E-state index contributed by atoms with van der Waals surface area (Å²) in [4.78, 5) is 13.0. The Hall–Kier alpha value is -0.570. The predicted molar refractivity (Wildman–Crippen MR) is 47.0 cm³/mol. The van der Waals surface area contributed by atoms with Crippen molar-refractivity contribution >= 4 is 5.97 Å². The minimum Gasteiger partial charge on any atom is -0.481 e. The maximum absolute atomic E-state index is 10.7. The molecular weight excluding hydrogens is 154 g/mol. The Morgan fingerprint density at radius 3 is 2.08 bits per heavy atom. The van der Waals surface area contributed by atoms with Crippen molar-refractivity contribution in [3.63, 3.8) is 0 Å². The van der Waals surface area contributed by atoms with Crippen molar-refractivity contribution in [1.82, 2.24) is 4.90 Å². The maximum atomic E-state index is 10.7. The Kier molecular flexibility index (Phi) is 2.73. The number of piperidine rings is 1. The number of likely N-dealkylation sites (tertiary alicyclic amines) is 1. The average molecular weight is 171 g/mol. The van der Waals surface area contributed by atoms with Gasteiger partial charge in [-0.1, -0.05) is 0 Å². The summed E-state index contributed by atoms with van der Waals surface area (Å²) < 4.78 is 0.